The molecule has 1 aliphatic rings. The highest BCUT2D eigenvalue weighted by atomic mass is 19.4. The maximum atomic E-state index is 12.6. The van der Waals surface area contributed by atoms with Crippen molar-refractivity contribution in [3.63, 3.8) is 0 Å². The summed E-state index contributed by atoms with van der Waals surface area (Å²) in [7, 11) is 0. The van der Waals surface area contributed by atoms with E-state index < -0.39 is 12.6 Å². The van der Waals surface area contributed by atoms with E-state index in [0.29, 0.717) is 0 Å². The van der Waals surface area contributed by atoms with Gasteiger partial charge in [0.15, 0.2) is 0 Å². The van der Waals surface area contributed by atoms with Crippen LogP contribution in [0.4, 0.5) is 13.2 Å². The average molecular weight is 493 g/mol. The van der Waals surface area contributed by atoms with E-state index in [4.69, 9.17) is 0 Å². The van der Waals surface area contributed by atoms with E-state index in [1.165, 1.54) is 16.7 Å². The Labute approximate surface area is 216 Å². The molecule has 4 aromatic rings. The molecule has 0 aliphatic heterocycles. The van der Waals surface area contributed by atoms with Crippen molar-refractivity contribution in [2.24, 2.45) is 0 Å². The molecule has 184 valence electrons. The molecule has 0 bridgehead atoms. The first-order chi connectivity index (χ1) is 17.9. The fourth-order valence-corrected chi connectivity index (χ4v) is 4.63. The first-order valence-corrected chi connectivity index (χ1v) is 12.4. The minimum Gasteiger partial charge on any atom is -0.171 e. The van der Waals surface area contributed by atoms with Gasteiger partial charge in [-0.25, -0.2) is 0 Å². The molecule has 0 atom stereocenters. The smallest absolute Gasteiger partial charge is 0.171 e. The molecule has 0 heterocycles. The molecule has 0 spiro atoms. The van der Waals surface area contributed by atoms with Crippen LogP contribution in [-0.2, 0) is 6.42 Å². The summed E-state index contributed by atoms with van der Waals surface area (Å²) in [6.45, 7) is 0. The van der Waals surface area contributed by atoms with Crippen molar-refractivity contribution in [1.29, 1.82) is 0 Å². The van der Waals surface area contributed by atoms with Crippen LogP contribution in [0.2, 0.25) is 0 Å². The Morgan fingerprint density at radius 2 is 1.05 bits per heavy atom. The number of hydrogen-bond donors (Lipinski definition) is 0. The van der Waals surface area contributed by atoms with Gasteiger partial charge in [0, 0.05) is 0 Å². The van der Waals surface area contributed by atoms with Crippen LogP contribution in [0, 0.1) is 0 Å². The van der Waals surface area contributed by atoms with Crippen LogP contribution in [0.1, 0.15) is 24.0 Å². The van der Waals surface area contributed by atoms with Crippen LogP contribution in [0.25, 0.3) is 39.0 Å². The summed E-state index contributed by atoms with van der Waals surface area (Å²) in [5, 5.41) is 0. The summed E-state index contributed by atoms with van der Waals surface area (Å²) in [5.74, 6) is 0. The second-order valence-corrected chi connectivity index (χ2v) is 9.27. The number of benzene rings is 4. The summed E-state index contributed by atoms with van der Waals surface area (Å²) in [5.41, 5.74) is 9.28. The third-order valence-electron chi connectivity index (χ3n) is 6.60. The van der Waals surface area contributed by atoms with Gasteiger partial charge in [0.25, 0.3) is 0 Å². The molecule has 0 N–H and O–H groups in total. The van der Waals surface area contributed by atoms with Gasteiger partial charge in [-0.2, -0.15) is 13.2 Å². The van der Waals surface area contributed by atoms with E-state index in [1.54, 1.807) is 24.3 Å². The maximum absolute atomic E-state index is 12.6. The molecule has 1 aliphatic carbocycles. The molecule has 4 aromatic carbocycles. The molecule has 0 unspecified atom stereocenters. The third-order valence-corrected chi connectivity index (χ3v) is 6.60. The Bertz CT molecular complexity index is 1430. The van der Waals surface area contributed by atoms with Crippen molar-refractivity contribution in [1.82, 2.24) is 0 Å². The van der Waals surface area contributed by atoms with Crippen LogP contribution in [-0.4, -0.2) is 6.18 Å². The van der Waals surface area contributed by atoms with Crippen molar-refractivity contribution in [2.45, 2.75) is 25.4 Å². The fourth-order valence-electron chi connectivity index (χ4n) is 4.63. The lowest BCUT2D eigenvalue weighted by Gasteiger charge is -2.11. The Kier molecular flexibility index (Phi) is 7.23. The lowest BCUT2D eigenvalue weighted by Crippen LogP contribution is -2.11. The highest BCUT2D eigenvalue weighted by Gasteiger charge is 2.27. The van der Waals surface area contributed by atoms with E-state index in [-0.39, 0.29) is 5.56 Å². The van der Waals surface area contributed by atoms with E-state index in [0.717, 1.165) is 40.7 Å². The van der Waals surface area contributed by atoms with Gasteiger partial charge in [0.05, 0.1) is 6.42 Å². The monoisotopic (exact) mass is 492 g/mol. The first kappa shape index (κ1) is 24.6. The van der Waals surface area contributed by atoms with Gasteiger partial charge in [-0.05, 0) is 69.0 Å². The molecule has 0 saturated heterocycles. The van der Waals surface area contributed by atoms with Gasteiger partial charge < -0.3 is 0 Å². The predicted molar refractivity (Wildman–Crippen MR) is 148 cm³/mol. The lowest BCUT2D eigenvalue weighted by atomic mass is 9.94. The van der Waals surface area contributed by atoms with Gasteiger partial charge in [-0.15, -0.1) is 0 Å². The quantitative estimate of drug-likeness (QED) is 0.260. The molecule has 0 nitrogen and oxygen atoms in total. The van der Waals surface area contributed by atoms with Crippen molar-refractivity contribution >= 4 is 5.57 Å². The molecule has 0 amide bonds. The van der Waals surface area contributed by atoms with Gasteiger partial charge in [-0.1, -0.05) is 121 Å². The molecular weight excluding hydrogens is 465 g/mol. The van der Waals surface area contributed by atoms with Gasteiger partial charge >= 0.3 is 6.18 Å². The highest BCUT2D eigenvalue weighted by Crippen LogP contribution is 2.31. The van der Waals surface area contributed by atoms with Crippen LogP contribution in [0.3, 0.4) is 0 Å². The second kappa shape index (κ2) is 10.9. The largest absolute Gasteiger partial charge is 0.393 e. The summed E-state index contributed by atoms with van der Waals surface area (Å²) >= 11 is 0. The summed E-state index contributed by atoms with van der Waals surface area (Å²) < 4.78 is 37.9. The van der Waals surface area contributed by atoms with Crippen molar-refractivity contribution in [2.75, 3.05) is 0 Å². The Morgan fingerprint density at radius 1 is 0.541 bits per heavy atom. The zero-order valence-corrected chi connectivity index (χ0v) is 20.4. The van der Waals surface area contributed by atoms with Crippen LogP contribution in [0.5, 0.6) is 0 Å². The van der Waals surface area contributed by atoms with Crippen LogP contribution < -0.4 is 0 Å². The van der Waals surface area contributed by atoms with Crippen molar-refractivity contribution in [3.05, 3.63) is 139 Å². The zero-order chi connectivity index (χ0) is 25.7. The Balaban J connectivity index is 1.32. The number of halogens is 3. The molecule has 0 radical (unpaired) electrons. The fraction of sp³-hybridized carbons (Fsp3) is 0.118. The average Bonchev–Trinajstić information content (AvgIpc) is 2.89. The van der Waals surface area contributed by atoms with Crippen molar-refractivity contribution < 1.29 is 13.2 Å². The van der Waals surface area contributed by atoms with Gasteiger partial charge in [0.2, 0.25) is 0 Å². The second-order valence-electron chi connectivity index (χ2n) is 9.27. The lowest BCUT2D eigenvalue weighted by molar-refractivity contribution is -0.127. The third kappa shape index (κ3) is 6.37. The minimum atomic E-state index is -4.19. The molecule has 5 rings (SSSR count). The van der Waals surface area contributed by atoms with E-state index in [9.17, 15) is 13.2 Å². The molecular formula is C34H27F3. The van der Waals surface area contributed by atoms with E-state index >= 15 is 0 Å². The zero-order valence-electron chi connectivity index (χ0n) is 20.4. The Hall–Kier alpha value is -4.11. The first-order valence-electron chi connectivity index (χ1n) is 12.4. The van der Waals surface area contributed by atoms with Crippen molar-refractivity contribution in [3.8, 4) is 33.4 Å². The van der Waals surface area contributed by atoms with Crippen LogP contribution >= 0.6 is 0 Å². The summed E-state index contributed by atoms with van der Waals surface area (Å²) in [6.07, 6.45) is 7.63. The van der Waals surface area contributed by atoms with E-state index in [2.05, 4.69) is 91.0 Å². The molecule has 0 saturated carbocycles. The van der Waals surface area contributed by atoms with Crippen LogP contribution in [0.15, 0.2) is 127 Å². The normalized spacial score (nSPS) is 16.8. The van der Waals surface area contributed by atoms with Gasteiger partial charge in [0.1, 0.15) is 0 Å². The Morgan fingerprint density at radius 3 is 1.62 bits per heavy atom. The number of hydrogen-bond acceptors (Lipinski definition) is 0. The van der Waals surface area contributed by atoms with Gasteiger partial charge in [-0.3, -0.25) is 0 Å². The standard InChI is InChI=1S/C34H27F3/c35-34(36,37)24-25-11-13-27(14-12-25)29-17-21-31(22-18-29)33-10-6-9-32(23-33)30-19-15-28(16-20-30)26-7-4-2-1-3-5-8-26/h1-4,6-7,9-23H,5,8,24H2/b3-1-,4-2-,26-7+. The maximum Gasteiger partial charge on any atom is 0.393 e. The van der Waals surface area contributed by atoms with E-state index in [1.807, 2.05) is 12.1 Å². The SMILES string of the molecule is FC(F)(F)Cc1ccc(-c2ccc(-c3cccc(-c4ccc(/C5=C/C=C\C=C/CC5)cc4)c3)cc2)cc1. The minimum absolute atomic E-state index is 0.271. The predicted octanol–water partition coefficient (Wildman–Crippen LogP) is 10.1. The number of rotatable bonds is 5. The number of allylic oxidation sites excluding steroid dienone is 6. The molecule has 0 aromatic heterocycles. The molecule has 37 heavy (non-hydrogen) atoms. The molecule has 3 heteroatoms. The molecule has 0 fully saturated rings. The summed E-state index contributed by atoms with van der Waals surface area (Å²) in [4.78, 5) is 0. The highest BCUT2D eigenvalue weighted by molar-refractivity contribution is 5.76. The number of alkyl halides is 3. The topological polar surface area (TPSA) is 0 Å². The summed E-state index contributed by atoms with van der Waals surface area (Å²) in [6, 6.07) is 32.0.